The molecule has 2 aliphatic rings. The molecule has 0 spiro atoms. The number of amides is 1. The number of carbonyl (C=O) groups excluding carboxylic acids is 2. The Morgan fingerprint density at radius 3 is 2.50 bits per heavy atom. The SMILES string of the molecule is N#Cc1ccc(N2CCN(C(=O)C[C@H]3CC[C@H](CNc4cn[nH]c(=O)c4C(F)(F)F)C3=O)CC2)nc1. The topological polar surface area (TPSA) is 135 Å². The van der Waals surface area contributed by atoms with Gasteiger partial charge in [0.05, 0.1) is 17.4 Å². The van der Waals surface area contributed by atoms with Crippen LogP contribution in [0.1, 0.15) is 30.4 Å². The van der Waals surface area contributed by atoms with Gasteiger partial charge in [0.25, 0.3) is 5.56 Å². The van der Waals surface area contributed by atoms with Gasteiger partial charge in [-0.25, -0.2) is 10.1 Å². The summed E-state index contributed by atoms with van der Waals surface area (Å²) in [6.07, 6.45) is -1.51. The second-order valence-electron chi connectivity index (χ2n) is 8.83. The fourth-order valence-corrected chi connectivity index (χ4v) is 4.64. The van der Waals surface area contributed by atoms with Gasteiger partial charge in [0.2, 0.25) is 5.91 Å². The molecule has 1 saturated carbocycles. The Hall–Kier alpha value is -3.95. The number of ketones is 1. The molecule has 1 aliphatic heterocycles. The summed E-state index contributed by atoms with van der Waals surface area (Å²) in [7, 11) is 0. The second kappa shape index (κ2) is 10.3. The third kappa shape index (κ3) is 5.48. The number of halogens is 3. The smallest absolute Gasteiger partial charge is 0.382 e. The van der Waals surface area contributed by atoms with Crippen molar-refractivity contribution in [1.29, 1.82) is 5.26 Å². The summed E-state index contributed by atoms with van der Waals surface area (Å²) in [5, 5.41) is 16.6. The van der Waals surface area contributed by atoms with E-state index in [1.165, 1.54) is 6.20 Å². The third-order valence-electron chi connectivity index (χ3n) is 6.60. The summed E-state index contributed by atoms with van der Waals surface area (Å²) in [4.78, 5) is 45.2. The van der Waals surface area contributed by atoms with Crippen molar-refractivity contribution >= 4 is 23.2 Å². The molecule has 13 heteroatoms. The van der Waals surface area contributed by atoms with Crippen LogP contribution >= 0.6 is 0 Å². The number of nitriles is 1. The number of nitrogens with one attached hydrogen (secondary N) is 2. The van der Waals surface area contributed by atoms with Crippen LogP contribution in [0.4, 0.5) is 24.7 Å². The van der Waals surface area contributed by atoms with Crippen LogP contribution in [0.2, 0.25) is 0 Å². The summed E-state index contributed by atoms with van der Waals surface area (Å²) in [5.41, 5.74) is -2.75. The van der Waals surface area contributed by atoms with E-state index in [2.05, 4.69) is 15.4 Å². The van der Waals surface area contributed by atoms with Crippen LogP contribution in [-0.2, 0) is 15.8 Å². The van der Waals surface area contributed by atoms with E-state index in [0.717, 1.165) is 12.0 Å². The second-order valence-corrected chi connectivity index (χ2v) is 8.83. The average Bonchev–Trinajstić information content (AvgIpc) is 3.20. The summed E-state index contributed by atoms with van der Waals surface area (Å²) >= 11 is 0. The first-order valence-electron chi connectivity index (χ1n) is 11.5. The maximum absolute atomic E-state index is 13.2. The Labute approximate surface area is 204 Å². The highest BCUT2D eigenvalue weighted by molar-refractivity contribution is 5.90. The number of pyridine rings is 1. The van der Waals surface area contributed by atoms with Gasteiger partial charge in [0, 0.05) is 57.2 Å². The maximum Gasteiger partial charge on any atom is 0.423 e. The quantitative estimate of drug-likeness (QED) is 0.609. The van der Waals surface area contributed by atoms with Crippen LogP contribution in [0.3, 0.4) is 0 Å². The lowest BCUT2D eigenvalue weighted by Gasteiger charge is -2.35. The first kappa shape index (κ1) is 25.2. The molecule has 4 rings (SSSR count). The Morgan fingerprint density at radius 1 is 1.14 bits per heavy atom. The molecule has 2 atom stereocenters. The predicted molar refractivity (Wildman–Crippen MR) is 122 cm³/mol. The van der Waals surface area contributed by atoms with Gasteiger partial charge in [-0.15, -0.1) is 0 Å². The van der Waals surface area contributed by atoms with E-state index >= 15 is 0 Å². The molecule has 190 valence electrons. The molecular weight excluding hydrogens is 479 g/mol. The van der Waals surface area contributed by atoms with Crippen LogP contribution in [0, 0.1) is 23.2 Å². The van der Waals surface area contributed by atoms with Crippen LogP contribution < -0.4 is 15.8 Å². The zero-order chi connectivity index (χ0) is 25.9. The first-order valence-corrected chi connectivity index (χ1v) is 11.5. The highest BCUT2D eigenvalue weighted by atomic mass is 19.4. The molecule has 10 nitrogen and oxygen atoms in total. The van der Waals surface area contributed by atoms with E-state index in [1.54, 1.807) is 22.1 Å². The van der Waals surface area contributed by atoms with Crippen LogP contribution in [-0.4, -0.2) is 64.5 Å². The lowest BCUT2D eigenvalue weighted by molar-refractivity contribution is -0.138. The number of nitrogens with zero attached hydrogens (tertiary/aromatic N) is 5. The molecule has 0 radical (unpaired) electrons. The average molecular weight is 503 g/mol. The molecule has 0 unspecified atom stereocenters. The minimum atomic E-state index is -4.87. The molecular formula is C23H24F3N7O3. The molecule has 0 aromatic carbocycles. The monoisotopic (exact) mass is 503 g/mol. The van der Waals surface area contributed by atoms with Crippen molar-refractivity contribution in [3.8, 4) is 6.07 Å². The van der Waals surface area contributed by atoms with Gasteiger partial charge in [-0.2, -0.15) is 23.5 Å². The zero-order valence-electron chi connectivity index (χ0n) is 19.2. The van der Waals surface area contributed by atoms with E-state index < -0.39 is 34.8 Å². The van der Waals surface area contributed by atoms with Crippen molar-refractivity contribution in [3.05, 3.63) is 46.0 Å². The van der Waals surface area contributed by atoms with Crippen molar-refractivity contribution in [2.24, 2.45) is 11.8 Å². The lowest BCUT2D eigenvalue weighted by atomic mass is 9.98. The Kier molecular flexibility index (Phi) is 7.23. The Bertz CT molecular complexity index is 1220. The summed E-state index contributed by atoms with van der Waals surface area (Å²) in [6, 6.07) is 5.47. The number of anilines is 2. The number of piperazine rings is 1. The lowest BCUT2D eigenvalue weighted by Crippen LogP contribution is -2.49. The third-order valence-corrected chi connectivity index (χ3v) is 6.60. The predicted octanol–water partition coefficient (Wildman–Crippen LogP) is 1.80. The van der Waals surface area contributed by atoms with Crippen molar-refractivity contribution < 1.29 is 22.8 Å². The normalized spacial score (nSPS) is 20.3. The fraction of sp³-hybridized carbons (Fsp3) is 0.478. The van der Waals surface area contributed by atoms with Gasteiger partial charge in [0.1, 0.15) is 23.2 Å². The van der Waals surface area contributed by atoms with Crippen LogP contribution in [0.15, 0.2) is 29.3 Å². The van der Waals surface area contributed by atoms with Gasteiger partial charge in [0.15, 0.2) is 0 Å². The van der Waals surface area contributed by atoms with Crippen LogP contribution in [0.5, 0.6) is 0 Å². The highest BCUT2D eigenvalue weighted by Crippen LogP contribution is 2.33. The van der Waals surface area contributed by atoms with Crippen molar-refractivity contribution in [3.63, 3.8) is 0 Å². The van der Waals surface area contributed by atoms with Gasteiger partial charge >= 0.3 is 6.18 Å². The molecule has 1 aliphatic carbocycles. The highest BCUT2D eigenvalue weighted by Gasteiger charge is 2.39. The molecule has 0 bridgehead atoms. The minimum Gasteiger partial charge on any atom is -0.382 e. The number of alkyl halides is 3. The minimum absolute atomic E-state index is 0.0603. The number of aromatic amines is 1. The Morgan fingerprint density at radius 2 is 1.86 bits per heavy atom. The molecule has 2 aromatic rings. The largest absolute Gasteiger partial charge is 0.423 e. The Balaban J connectivity index is 1.28. The molecule has 1 amide bonds. The maximum atomic E-state index is 13.2. The van der Waals surface area contributed by atoms with E-state index in [4.69, 9.17) is 5.26 Å². The number of hydrogen-bond donors (Lipinski definition) is 2. The van der Waals surface area contributed by atoms with Crippen molar-refractivity contribution in [2.45, 2.75) is 25.4 Å². The molecule has 2 aromatic heterocycles. The molecule has 2 N–H and O–H groups in total. The van der Waals surface area contributed by atoms with Crippen molar-refractivity contribution in [2.75, 3.05) is 42.9 Å². The fourth-order valence-electron chi connectivity index (χ4n) is 4.64. The zero-order valence-corrected chi connectivity index (χ0v) is 19.2. The first-order chi connectivity index (χ1) is 17.2. The van der Waals surface area contributed by atoms with Crippen LogP contribution in [0.25, 0.3) is 0 Å². The summed E-state index contributed by atoms with van der Waals surface area (Å²) in [6.45, 7) is 2.02. The summed E-state index contributed by atoms with van der Waals surface area (Å²) in [5.74, 6) is -0.605. The van der Waals surface area contributed by atoms with E-state index in [0.29, 0.717) is 44.6 Å². The molecule has 2 fully saturated rings. The van der Waals surface area contributed by atoms with Gasteiger partial charge in [-0.3, -0.25) is 14.4 Å². The standard InChI is InChI=1S/C23H24F3N7O3/c24-23(25,26)20-17(13-30-31-22(20)36)28-12-16-3-2-15(21(16)35)9-19(34)33-7-5-32(6-8-33)18-4-1-14(10-27)11-29-18/h1,4,11,13,15-16H,2-3,5-9,12H2,(H2,28,31,36)/t15-,16-/m1/s1. The van der Waals surface area contributed by atoms with Gasteiger partial charge in [-0.1, -0.05) is 0 Å². The molecule has 3 heterocycles. The number of H-pyrrole nitrogens is 1. The van der Waals surface area contributed by atoms with E-state index in [-0.39, 0.29) is 24.7 Å². The molecule has 36 heavy (non-hydrogen) atoms. The number of hydrogen-bond acceptors (Lipinski definition) is 8. The number of Topliss-reactive ketones (excluding diaryl/α,β-unsaturated/α-hetero) is 1. The number of rotatable bonds is 6. The van der Waals surface area contributed by atoms with Gasteiger partial charge in [-0.05, 0) is 25.0 Å². The number of aromatic nitrogens is 3. The number of carbonyl (C=O) groups is 2. The molecule has 1 saturated heterocycles. The van der Waals surface area contributed by atoms with Crippen molar-refractivity contribution in [1.82, 2.24) is 20.1 Å². The summed E-state index contributed by atoms with van der Waals surface area (Å²) < 4.78 is 39.6. The van der Waals surface area contributed by atoms with E-state index in [1.807, 2.05) is 11.0 Å². The van der Waals surface area contributed by atoms with E-state index in [9.17, 15) is 27.6 Å². The van der Waals surface area contributed by atoms with Gasteiger partial charge < -0.3 is 15.1 Å².